The maximum absolute atomic E-state index is 12.3. The standard InChI is InChI=1S/C17H26N6O2/c1-2-9-23-17(25)22-10-8-14(6-7-15(22)21-23)20-16(24)5-3-4-13-11-18-19-12-13/h11-12,14H,2-10H2,1H3,(H,18,19)(H,20,24). The molecule has 0 saturated carbocycles. The van der Waals surface area contributed by atoms with Crippen molar-refractivity contribution in [3.63, 3.8) is 0 Å². The first-order valence-electron chi connectivity index (χ1n) is 9.11. The van der Waals surface area contributed by atoms with Crippen molar-refractivity contribution in [3.05, 3.63) is 34.3 Å². The lowest BCUT2D eigenvalue weighted by Gasteiger charge is -2.16. The molecule has 0 aromatic carbocycles. The predicted octanol–water partition coefficient (Wildman–Crippen LogP) is 1.02. The van der Waals surface area contributed by atoms with Crippen LogP contribution in [0.15, 0.2) is 17.2 Å². The van der Waals surface area contributed by atoms with Crippen molar-refractivity contribution in [3.8, 4) is 0 Å². The zero-order valence-corrected chi connectivity index (χ0v) is 14.7. The first-order valence-corrected chi connectivity index (χ1v) is 9.11. The molecule has 0 spiro atoms. The molecular formula is C17H26N6O2. The molecule has 25 heavy (non-hydrogen) atoms. The molecule has 0 radical (unpaired) electrons. The summed E-state index contributed by atoms with van der Waals surface area (Å²) in [6.45, 7) is 3.32. The molecular weight excluding hydrogens is 320 g/mol. The SMILES string of the molecule is CCCn1nc2n(c1=O)CCC(NC(=O)CCCc1cn[nH]c1)CC2. The van der Waals surface area contributed by atoms with Gasteiger partial charge in [-0.25, -0.2) is 9.48 Å². The molecule has 1 atom stereocenters. The van der Waals surface area contributed by atoms with Crippen LogP contribution in [0, 0.1) is 0 Å². The van der Waals surface area contributed by atoms with Gasteiger partial charge in [0.1, 0.15) is 5.82 Å². The van der Waals surface area contributed by atoms with Crippen LogP contribution < -0.4 is 11.0 Å². The maximum Gasteiger partial charge on any atom is 0.345 e. The fourth-order valence-corrected chi connectivity index (χ4v) is 3.30. The molecule has 1 amide bonds. The highest BCUT2D eigenvalue weighted by atomic mass is 16.2. The Hall–Kier alpha value is -2.38. The molecule has 3 rings (SSSR count). The number of hydrogen-bond donors (Lipinski definition) is 2. The zero-order valence-electron chi connectivity index (χ0n) is 14.7. The quantitative estimate of drug-likeness (QED) is 0.782. The lowest BCUT2D eigenvalue weighted by atomic mass is 10.1. The number of hydrogen-bond acceptors (Lipinski definition) is 4. The number of H-pyrrole nitrogens is 1. The Morgan fingerprint density at radius 2 is 2.32 bits per heavy atom. The third kappa shape index (κ3) is 4.37. The minimum Gasteiger partial charge on any atom is -0.353 e. The number of carbonyl (C=O) groups is 1. The summed E-state index contributed by atoms with van der Waals surface area (Å²) < 4.78 is 3.32. The number of rotatable bonds is 7. The average molecular weight is 346 g/mol. The van der Waals surface area contributed by atoms with E-state index >= 15 is 0 Å². The Balaban J connectivity index is 1.47. The van der Waals surface area contributed by atoms with Crippen molar-refractivity contribution in [2.24, 2.45) is 0 Å². The number of nitrogens with one attached hydrogen (secondary N) is 2. The summed E-state index contributed by atoms with van der Waals surface area (Å²) in [5, 5.41) is 14.2. The minimum atomic E-state index is -0.0241. The smallest absolute Gasteiger partial charge is 0.345 e. The molecule has 0 aliphatic carbocycles. The van der Waals surface area contributed by atoms with Crippen LogP contribution in [0.4, 0.5) is 0 Å². The van der Waals surface area contributed by atoms with E-state index in [4.69, 9.17) is 0 Å². The second-order valence-corrected chi connectivity index (χ2v) is 6.63. The maximum atomic E-state index is 12.3. The van der Waals surface area contributed by atoms with E-state index < -0.39 is 0 Å². The molecule has 3 heterocycles. The van der Waals surface area contributed by atoms with E-state index in [1.807, 2.05) is 13.1 Å². The van der Waals surface area contributed by atoms with E-state index in [2.05, 4.69) is 20.6 Å². The van der Waals surface area contributed by atoms with Crippen LogP contribution in [0.2, 0.25) is 0 Å². The second kappa shape index (κ2) is 8.13. The summed E-state index contributed by atoms with van der Waals surface area (Å²) in [6, 6.07) is 0.113. The van der Waals surface area contributed by atoms with Gasteiger partial charge in [0.15, 0.2) is 0 Å². The molecule has 1 aliphatic heterocycles. The number of carbonyl (C=O) groups excluding carboxylic acids is 1. The van der Waals surface area contributed by atoms with E-state index in [-0.39, 0.29) is 17.6 Å². The van der Waals surface area contributed by atoms with E-state index in [0.717, 1.165) is 49.9 Å². The number of aromatic amines is 1. The van der Waals surface area contributed by atoms with Crippen LogP contribution >= 0.6 is 0 Å². The van der Waals surface area contributed by atoms with E-state index in [1.165, 1.54) is 0 Å². The number of amides is 1. The topological polar surface area (TPSA) is 97.6 Å². The Kier molecular flexibility index (Phi) is 5.67. The highest BCUT2D eigenvalue weighted by Crippen LogP contribution is 2.12. The van der Waals surface area contributed by atoms with Gasteiger partial charge in [-0.15, -0.1) is 0 Å². The lowest BCUT2D eigenvalue weighted by molar-refractivity contribution is -0.122. The molecule has 0 bridgehead atoms. The van der Waals surface area contributed by atoms with Crippen LogP contribution in [-0.4, -0.2) is 36.5 Å². The Morgan fingerprint density at radius 3 is 3.08 bits per heavy atom. The van der Waals surface area contributed by atoms with Gasteiger partial charge >= 0.3 is 5.69 Å². The first-order chi connectivity index (χ1) is 12.2. The molecule has 8 heteroatoms. The highest BCUT2D eigenvalue weighted by Gasteiger charge is 2.21. The number of aromatic nitrogens is 5. The van der Waals surface area contributed by atoms with Crippen LogP contribution in [-0.2, 0) is 30.7 Å². The van der Waals surface area contributed by atoms with Gasteiger partial charge in [-0.05, 0) is 37.7 Å². The van der Waals surface area contributed by atoms with Crippen LogP contribution in [0.5, 0.6) is 0 Å². The summed E-state index contributed by atoms with van der Waals surface area (Å²) >= 11 is 0. The van der Waals surface area contributed by atoms with Crippen molar-refractivity contribution in [2.45, 2.75) is 71.0 Å². The largest absolute Gasteiger partial charge is 0.353 e. The summed E-state index contributed by atoms with van der Waals surface area (Å²) in [5.74, 6) is 0.923. The minimum absolute atomic E-state index is 0.0241. The van der Waals surface area contributed by atoms with Gasteiger partial charge in [0, 0.05) is 38.2 Å². The monoisotopic (exact) mass is 346 g/mol. The molecule has 8 nitrogen and oxygen atoms in total. The Labute approximate surface area is 146 Å². The molecule has 0 fully saturated rings. The fraction of sp³-hybridized carbons (Fsp3) is 0.647. The molecule has 1 unspecified atom stereocenters. The van der Waals surface area contributed by atoms with Gasteiger partial charge in [0.2, 0.25) is 5.91 Å². The van der Waals surface area contributed by atoms with Crippen LogP contribution in [0.1, 0.15) is 50.4 Å². The summed E-state index contributed by atoms with van der Waals surface area (Å²) in [7, 11) is 0. The highest BCUT2D eigenvalue weighted by molar-refractivity contribution is 5.76. The van der Waals surface area contributed by atoms with Gasteiger partial charge in [-0.1, -0.05) is 6.92 Å². The van der Waals surface area contributed by atoms with Crippen molar-refractivity contribution in [1.29, 1.82) is 0 Å². The van der Waals surface area contributed by atoms with Crippen molar-refractivity contribution >= 4 is 5.91 Å². The van der Waals surface area contributed by atoms with Crippen molar-refractivity contribution in [1.82, 2.24) is 29.9 Å². The summed E-state index contributed by atoms with van der Waals surface area (Å²) in [6.07, 6.45) is 9.04. The zero-order chi connectivity index (χ0) is 17.6. The van der Waals surface area contributed by atoms with Gasteiger partial charge in [-0.2, -0.15) is 10.2 Å². The predicted molar refractivity (Wildman–Crippen MR) is 93.2 cm³/mol. The van der Waals surface area contributed by atoms with Crippen molar-refractivity contribution < 1.29 is 4.79 Å². The molecule has 0 saturated heterocycles. The third-order valence-electron chi connectivity index (χ3n) is 4.64. The normalized spacial score (nSPS) is 17.1. The molecule has 2 N–H and O–H groups in total. The van der Waals surface area contributed by atoms with E-state index in [1.54, 1.807) is 15.4 Å². The summed E-state index contributed by atoms with van der Waals surface area (Å²) in [5.41, 5.74) is 1.10. The number of nitrogens with zero attached hydrogens (tertiary/aromatic N) is 4. The Bertz CT molecular complexity index is 746. The van der Waals surface area contributed by atoms with E-state index in [9.17, 15) is 9.59 Å². The number of fused-ring (bicyclic) bond motifs is 1. The molecule has 2 aromatic rings. The van der Waals surface area contributed by atoms with Crippen molar-refractivity contribution in [2.75, 3.05) is 0 Å². The van der Waals surface area contributed by atoms with Crippen LogP contribution in [0.3, 0.4) is 0 Å². The lowest BCUT2D eigenvalue weighted by Crippen LogP contribution is -2.35. The van der Waals surface area contributed by atoms with Crippen LogP contribution in [0.25, 0.3) is 0 Å². The van der Waals surface area contributed by atoms with E-state index in [0.29, 0.717) is 19.5 Å². The van der Waals surface area contributed by atoms with Gasteiger partial charge in [0.25, 0.3) is 0 Å². The molecule has 2 aromatic heterocycles. The average Bonchev–Trinajstić information content (AvgIpc) is 3.15. The summed E-state index contributed by atoms with van der Waals surface area (Å²) in [4.78, 5) is 24.5. The molecule has 1 aliphatic rings. The Morgan fingerprint density at radius 1 is 1.44 bits per heavy atom. The molecule has 136 valence electrons. The van der Waals surface area contributed by atoms with Gasteiger partial charge in [-0.3, -0.25) is 14.5 Å². The fourth-order valence-electron chi connectivity index (χ4n) is 3.30. The number of aryl methyl sites for hydroxylation is 3. The first kappa shape index (κ1) is 17.4. The third-order valence-corrected chi connectivity index (χ3v) is 4.64. The van der Waals surface area contributed by atoms with Gasteiger partial charge < -0.3 is 5.32 Å². The van der Waals surface area contributed by atoms with Gasteiger partial charge in [0.05, 0.1) is 6.20 Å². The second-order valence-electron chi connectivity index (χ2n) is 6.63.